The molecule has 0 aromatic heterocycles. The molecular formula is C16H16ClNO3. The zero-order chi connectivity index (χ0) is 14.8. The van der Waals surface area contributed by atoms with E-state index in [1.165, 1.54) is 0 Å². The summed E-state index contributed by atoms with van der Waals surface area (Å²) >= 11 is 6.22. The highest BCUT2D eigenvalue weighted by molar-refractivity contribution is 6.33. The maximum absolute atomic E-state index is 6.22. The van der Waals surface area contributed by atoms with Crippen LogP contribution in [0, 0.1) is 0 Å². The molecule has 1 unspecified atom stereocenters. The maximum atomic E-state index is 6.22. The number of fused-ring (bicyclic) bond motifs is 1. The zero-order valence-corrected chi connectivity index (χ0v) is 12.6. The van der Waals surface area contributed by atoms with Gasteiger partial charge in [0.05, 0.1) is 17.8 Å². The van der Waals surface area contributed by atoms with Crippen molar-refractivity contribution in [1.29, 1.82) is 0 Å². The number of hydrogen-bond donors (Lipinski definition) is 1. The van der Waals surface area contributed by atoms with Gasteiger partial charge in [0.1, 0.15) is 5.75 Å². The lowest BCUT2D eigenvalue weighted by Gasteiger charge is -2.17. The van der Waals surface area contributed by atoms with Gasteiger partial charge in [-0.1, -0.05) is 17.7 Å². The third-order valence-corrected chi connectivity index (χ3v) is 3.77. The van der Waals surface area contributed by atoms with Crippen LogP contribution < -0.4 is 19.5 Å². The Morgan fingerprint density at radius 2 is 1.95 bits per heavy atom. The largest absolute Gasteiger partial charge is 0.497 e. The Labute approximate surface area is 128 Å². The van der Waals surface area contributed by atoms with Crippen LogP contribution in [0.3, 0.4) is 0 Å². The van der Waals surface area contributed by atoms with Crippen molar-refractivity contribution in [3.8, 4) is 17.2 Å². The average Bonchev–Trinajstić information content (AvgIpc) is 2.96. The topological polar surface area (TPSA) is 39.7 Å². The lowest BCUT2D eigenvalue weighted by molar-refractivity contribution is 0.174. The first kappa shape index (κ1) is 13.9. The van der Waals surface area contributed by atoms with E-state index in [1.54, 1.807) is 7.11 Å². The maximum Gasteiger partial charge on any atom is 0.231 e. The Bertz CT molecular complexity index is 660. The normalized spacial score (nSPS) is 13.9. The van der Waals surface area contributed by atoms with E-state index in [9.17, 15) is 0 Å². The summed E-state index contributed by atoms with van der Waals surface area (Å²) in [4.78, 5) is 0. The van der Waals surface area contributed by atoms with Crippen molar-refractivity contribution < 1.29 is 14.2 Å². The summed E-state index contributed by atoms with van der Waals surface area (Å²) in [5.74, 6) is 2.32. The van der Waals surface area contributed by atoms with Crippen molar-refractivity contribution >= 4 is 17.3 Å². The number of nitrogens with one attached hydrogen (secondary N) is 1. The fourth-order valence-electron chi connectivity index (χ4n) is 2.24. The van der Waals surface area contributed by atoms with Crippen molar-refractivity contribution in [2.75, 3.05) is 19.2 Å². The van der Waals surface area contributed by atoms with Crippen molar-refractivity contribution in [1.82, 2.24) is 0 Å². The molecule has 0 aliphatic carbocycles. The fraction of sp³-hybridized carbons (Fsp3) is 0.250. The molecule has 4 nitrogen and oxygen atoms in total. The third-order valence-electron chi connectivity index (χ3n) is 3.44. The molecule has 0 bridgehead atoms. The summed E-state index contributed by atoms with van der Waals surface area (Å²) in [5, 5.41) is 4.04. The zero-order valence-electron chi connectivity index (χ0n) is 11.9. The van der Waals surface area contributed by atoms with Crippen LogP contribution in [0.5, 0.6) is 17.2 Å². The summed E-state index contributed by atoms with van der Waals surface area (Å²) in [6, 6.07) is 11.5. The molecule has 5 heteroatoms. The number of anilines is 1. The summed E-state index contributed by atoms with van der Waals surface area (Å²) in [6.45, 7) is 2.34. The molecule has 1 aliphatic heterocycles. The predicted molar refractivity (Wildman–Crippen MR) is 82.6 cm³/mol. The lowest BCUT2D eigenvalue weighted by Crippen LogP contribution is -2.07. The third kappa shape index (κ3) is 2.85. The molecule has 110 valence electrons. The van der Waals surface area contributed by atoms with E-state index < -0.39 is 0 Å². The van der Waals surface area contributed by atoms with Crippen LogP contribution in [0.2, 0.25) is 5.02 Å². The monoisotopic (exact) mass is 305 g/mol. The quantitative estimate of drug-likeness (QED) is 0.916. The van der Waals surface area contributed by atoms with E-state index in [0.717, 1.165) is 28.5 Å². The van der Waals surface area contributed by atoms with Gasteiger partial charge in [0.25, 0.3) is 0 Å². The van der Waals surface area contributed by atoms with Gasteiger partial charge < -0.3 is 19.5 Å². The highest BCUT2D eigenvalue weighted by atomic mass is 35.5. The van der Waals surface area contributed by atoms with Gasteiger partial charge in [0.2, 0.25) is 6.79 Å². The van der Waals surface area contributed by atoms with Crippen LogP contribution in [0.15, 0.2) is 36.4 Å². The van der Waals surface area contributed by atoms with Crippen molar-refractivity contribution in [3.05, 3.63) is 47.0 Å². The van der Waals surface area contributed by atoms with Crippen LogP contribution in [-0.2, 0) is 0 Å². The molecule has 1 heterocycles. The average molecular weight is 306 g/mol. The molecular weight excluding hydrogens is 290 g/mol. The predicted octanol–water partition coefficient (Wildman–Crippen LogP) is 4.25. The molecule has 1 N–H and O–H groups in total. The Kier molecular flexibility index (Phi) is 3.80. The Morgan fingerprint density at radius 1 is 1.14 bits per heavy atom. The van der Waals surface area contributed by atoms with E-state index >= 15 is 0 Å². The van der Waals surface area contributed by atoms with Crippen molar-refractivity contribution in [2.45, 2.75) is 13.0 Å². The highest BCUT2D eigenvalue weighted by Gasteiger charge is 2.16. The number of ether oxygens (including phenoxy) is 3. The second-order valence-corrected chi connectivity index (χ2v) is 5.23. The summed E-state index contributed by atoms with van der Waals surface area (Å²) in [7, 11) is 1.63. The summed E-state index contributed by atoms with van der Waals surface area (Å²) < 4.78 is 15.9. The van der Waals surface area contributed by atoms with E-state index in [-0.39, 0.29) is 12.8 Å². The standard InChI is InChI=1S/C16H16ClNO3/c1-10(11-3-6-15-16(7-11)21-9-20-15)18-14-8-12(19-2)4-5-13(14)17/h3-8,10,18H,9H2,1-2H3. The second kappa shape index (κ2) is 5.74. The van der Waals surface area contributed by atoms with E-state index in [1.807, 2.05) is 36.4 Å². The van der Waals surface area contributed by atoms with Gasteiger partial charge >= 0.3 is 0 Å². The molecule has 2 aromatic rings. The molecule has 0 saturated heterocycles. The molecule has 0 saturated carbocycles. The van der Waals surface area contributed by atoms with Crippen LogP contribution in [0.25, 0.3) is 0 Å². The molecule has 0 amide bonds. The first-order valence-electron chi connectivity index (χ1n) is 6.67. The smallest absolute Gasteiger partial charge is 0.231 e. The molecule has 1 atom stereocenters. The SMILES string of the molecule is COc1ccc(Cl)c(NC(C)c2ccc3c(c2)OCO3)c1. The summed E-state index contributed by atoms with van der Waals surface area (Å²) in [5.41, 5.74) is 1.93. The van der Waals surface area contributed by atoms with Gasteiger partial charge in [0.15, 0.2) is 11.5 Å². The number of hydrogen-bond acceptors (Lipinski definition) is 4. The van der Waals surface area contributed by atoms with Gasteiger partial charge in [-0.3, -0.25) is 0 Å². The van der Waals surface area contributed by atoms with Crippen LogP contribution in [0.4, 0.5) is 5.69 Å². The first-order valence-corrected chi connectivity index (χ1v) is 7.05. The van der Waals surface area contributed by atoms with Crippen molar-refractivity contribution in [3.63, 3.8) is 0 Å². The van der Waals surface area contributed by atoms with Crippen molar-refractivity contribution in [2.24, 2.45) is 0 Å². The van der Waals surface area contributed by atoms with E-state index in [0.29, 0.717) is 5.02 Å². The van der Waals surface area contributed by atoms with Gasteiger partial charge in [-0.05, 0) is 36.8 Å². The fourth-order valence-corrected chi connectivity index (χ4v) is 2.41. The number of methoxy groups -OCH3 is 1. The molecule has 1 aliphatic rings. The molecule has 0 radical (unpaired) electrons. The van der Waals surface area contributed by atoms with Gasteiger partial charge in [-0.2, -0.15) is 0 Å². The number of benzene rings is 2. The number of halogens is 1. The minimum Gasteiger partial charge on any atom is -0.497 e. The Hall–Kier alpha value is -2.07. The van der Waals surface area contributed by atoms with Crippen LogP contribution in [0.1, 0.15) is 18.5 Å². The van der Waals surface area contributed by atoms with Crippen LogP contribution in [-0.4, -0.2) is 13.9 Å². The minimum atomic E-state index is 0.0732. The first-order chi connectivity index (χ1) is 10.2. The Morgan fingerprint density at radius 3 is 2.76 bits per heavy atom. The van der Waals surface area contributed by atoms with Crippen LogP contribution >= 0.6 is 11.6 Å². The van der Waals surface area contributed by atoms with E-state index in [2.05, 4.69) is 12.2 Å². The molecule has 21 heavy (non-hydrogen) atoms. The highest BCUT2D eigenvalue weighted by Crippen LogP contribution is 2.36. The molecule has 0 spiro atoms. The molecule has 3 rings (SSSR count). The molecule has 2 aromatic carbocycles. The van der Waals surface area contributed by atoms with Gasteiger partial charge in [-0.25, -0.2) is 0 Å². The summed E-state index contributed by atoms with van der Waals surface area (Å²) in [6.07, 6.45) is 0. The van der Waals surface area contributed by atoms with E-state index in [4.69, 9.17) is 25.8 Å². The Balaban J connectivity index is 1.81. The lowest BCUT2D eigenvalue weighted by atomic mass is 10.1. The second-order valence-electron chi connectivity index (χ2n) is 4.82. The molecule has 0 fully saturated rings. The number of rotatable bonds is 4. The minimum absolute atomic E-state index is 0.0732. The van der Waals surface area contributed by atoms with Gasteiger partial charge in [0, 0.05) is 12.1 Å². The van der Waals surface area contributed by atoms with Gasteiger partial charge in [-0.15, -0.1) is 0 Å².